The van der Waals surface area contributed by atoms with Gasteiger partial charge in [0.1, 0.15) is 0 Å². The van der Waals surface area contributed by atoms with Crippen LogP contribution in [0.1, 0.15) is 27.2 Å². The molecule has 0 radical (unpaired) electrons. The third-order valence-electron chi connectivity index (χ3n) is 1.84. The lowest BCUT2D eigenvalue weighted by Gasteiger charge is -2.36. The van der Waals surface area contributed by atoms with Crippen LogP contribution in [0.2, 0.25) is 0 Å². The van der Waals surface area contributed by atoms with Gasteiger partial charge in [-0.15, -0.1) is 0 Å². The third-order valence-corrected chi connectivity index (χ3v) is 4.42. The van der Waals surface area contributed by atoms with Crippen LogP contribution in [0, 0.1) is 0 Å². The summed E-state index contributed by atoms with van der Waals surface area (Å²) in [5.74, 6) is 0.173. The quantitative estimate of drug-likeness (QED) is 0.331. The maximum absolute atomic E-state index is 10.9. The number of hydrogen-bond acceptors (Lipinski definition) is 5. The van der Waals surface area contributed by atoms with Gasteiger partial charge < -0.3 is 4.74 Å². The molecule has 0 atom stereocenters. The number of rotatable bonds is 11. The minimum absolute atomic E-state index is 0.312. The zero-order valence-electron chi connectivity index (χ0n) is 11.5. The van der Waals surface area contributed by atoms with Crippen LogP contribution in [0.25, 0.3) is 0 Å². The Morgan fingerprint density at radius 2 is 1.61 bits per heavy atom. The Morgan fingerprint density at radius 3 is 2.00 bits per heavy atom. The molecule has 0 aliphatic carbocycles. The molecule has 0 spiro atoms. The summed E-state index contributed by atoms with van der Waals surface area (Å²) in [5.41, 5.74) is 0. The van der Waals surface area contributed by atoms with E-state index in [1.165, 1.54) is 0 Å². The second-order valence-corrected chi connectivity index (χ2v) is 5.44. The second-order valence-electron chi connectivity index (χ2n) is 3.21. The molecule has 18 heavy (non-hydrogen) atoms. The van der Waals surface area contributed by atoms with Crippen LogP contribution < -0.4 is 0 Å². The number of carbonyl (C=O) groups is 1. The number of esters is 1. The topological polar surface area (TPSA) is 54.0 Å². The van der Waals surface area contributed by atoms with Gasteiger partial charge in [-0.05, 0) is 27.2 Å². The summed E-state index contributed by atoms with van der Waals surface area (Å²) in [4.78, 5) is 10.9. The Labute approximate surface area is 111 Å². The van der Waals surface area contributed by atoms with Gasteiger partial charge in [0, 0.05) is 11.8 Å². The van der Waals surface area contributed by atoms with Crippen molar-refractivity contribution in [2.75, 3.05) is 32.2 Å². The zero-order chi connectivity index (χ0) is 13.9. The highest BCUT2D eigenvalue weighted by Crippen LogP contribution is 2.51. The normalized spacial score (nSPS) is 12.2. The molecular formula is C12H24O5S. The molecule has 0 aliphatic rings. The standard InChI is InChI=1S/C12H24O5S/c1-5-12(13)14-10-9-11-18(15-6-2,16-7-3)17-8-4/h5H,1,6-11H2,2-4H3. The fourth-order valence-electron chi connectivity index (χ4n) is 1.28. The lowest BCUT2D eigenvalue weighted by atomic mass is 10.5. The van der Waals surface area contributed by atoms with E-state index in [9.17, 15) is 4.79 Å². The summed E-state index contributed by atoms with van der Waals surface area (Å²) in [6.07, 6.45) is 1.78. The van der Waals surface area contributed by atoms with Gasteiger partial charge in [-0.3, -0.25) is 12.5 Å². The minimum atomic E-state index is -1.97. The van der Waals surface area contributed by atoms with Gasteiger partial charge in [-0.1, -0.05) is 6.58 Å². The number of ether oxygens (including phenoxy) is 1. The average molecular weight is 280 g/mol. The smallest absolute Gasteiger partial charge is 0.330 e. The summed E-state index contributed by atoms with van der Waals surface area (Å²) < 4.78 is 21.8. The highest BCUT2D eigenvalue weighted by molar-refractivity contribution is 8.21. The van der Waals surface area contributed by atoms with Crippen LogP contribution in [-0.4, -0.2) is 38.1 Å². The number of carbonyl (C=O) groups excluding carboxylic acids is 1. The van der Waals surface area contributed by atoms with Crippen LogP contribution in [-0.2, 0) is 22.1 Å². The van der Waals surface area contributed by atoms with Crippen LogP contribution in [0.4, 0.5) is 0 Å². The molecule has 0 fully saturated rings. The van der Waals surface area contributed by atoms with E-state index in [-0.39, 0.29) is 0 Å². The molecule has 0 heterocycles. The first-order chi connectivity index (χ1) is 8.64. The molecule has 0 aromatic rings. The second kappa shape index (κ2) is 10.4. The zero-order valence-corrected chi connectivity index (χ0v) is 12.3. The van der Waals surface area contributed by atoms with Crippen molar-refractivity contribution in [3.8, 4) is 0 Å². The van der Waals surface area contributed by atoms with E-state index >= 15 is 0 Å². The van der Waals surface area contributed by atoms with Crippen LogP contribution in [0.3, 0.4) is 0 Å². The first-order valence-electron chi connectivity index (χ1n) is 6.17. The fraction of sp³-hybridized carbons (Fsp3) is 0.750. The highest BCUT2D eigenvalue weighted by Gasteiger charge is 2.25. The van der Waals surface area contributed by atoms with Gasteiger partial charge in [0.15, 0.2) is 0 Å². The summed E-state index contributed by atoms with van der Waals surface area (Å²) in [7, 11) is -1.97. The lowest BCUT2D eigenvalue weighted by molar-refractivity contribution is -0.137. The molecule has 0 rings (SSSR count). The van der Waals surface area contributed by atoms with Crippen molar-refractivity contribution in [3.05, 3.63) is 12.7 Å². The molecule has 0 N–H and O–H groups in total. The molecule has 6 heteroatoms. The van der Waals surface area contributed by atoms with E-state index in [0.29, 0.717) is 38.6 Å². The number of hydrogen-bond donors (Lipinski definition) is 0. The van der Waals surface area contributed by atoms with Crippen LogP contribution >= 0.6 is 10.9 Å². The molecule has 5 nitrogen and oxygen atoms in total. The summed E-state index contributed by atoms with van der Waals surface area (Å²) >= 11 is 0. The lowest BCUT2D eigenvalue weighted by Crippen LogP contribution is -2.18. The van der Waals surface area contributed by atoms with Gasteiger partial charge in [-0.25, -0.2) is 4.79 Å². The molecule has 0 aromatic heterocycles. The van der Waals surface area contributed by atoms with Crippen molar-refractivity contribution >= 4 is 16.8 Å². The van der Waals surface area contributed by atoms with Crippen LogP contribution in [0.5, 0.6) is 0 Å². The van der Waals surface area contributed by atoms with Crippen molar-refractivity contribution in [2.24, 2.45) is 0 Å². The van der Waals surface area contributed by atoms with E-state index < -0.39 is 16.8 Å². The van der Waals surface area contributed by atoms with Gasteiger partial charge in [0.25, 0.3) is 0 Å². The van der Waals surface area contributed by atoms with Gasteiger partial charge in [0.2, 0.25) is 0 Å². The van der Waals surface area contributed by atoms with E-state index in [1.807, 2.05) is 20.8 Å². The monoisotopic (exact) mass is 280 g/mol. The van der Waals surface area contributed by atoms with Gasteiger partial charge in [0.05, 0.1) is 37.3 Å². The molecule has 0 bridgehead atoms. The van der Waals surface area contributed by atoms with Crippen molar-refractivity contribution < 1.29 is 22.1 Å². The maximum atomic E-state index is 10.9. The molecule has 0 saturated carbocycles. The molecule has 0 aliphatic heterocycles. The van der Waals surface area contributed by atoms with Crippen molar-refractivity contribution in [1.82, 2.24) is 0 Å². The maximum Gasteiger partial charge on any atom is 0.330 e. The van der Waals surface area contributed by atoms with Crippen LogP contribution in [0.15, 0.2) is 12.7 Å². The van der Waals surface area contributed by atoms with Gasteiger partial charge >= 0.3 is 5.97 Å². The summed E-state index contributed by atoms with van der Waals surface area (Å²) in [5, 5.41) is 0. The molecule has 0 aromatic carbocycles. The average Bonchev–Trinajstić information content (AvgIpc) is 2.35. The Bertz CT molecular complexity index is 228. The third kappa shape index (κ3) is 7.00. The summed E-state index contributed by atoms with van der Waals surface area (Å²) in [6, 6.07) is 0. The minimum Gasteiger partial charge on any atom is -0.463 e. The predicted octanol–water partition coefficient (Wildman–Crippen LogP) is 2.76. The Kier molecular flexibility index (Phi) is 10.0. The molecule has 0 unspecified atom stereocenters. The predicted molar refractivity (Wildman–Crippen MR) is 73.1 cm³/mol. The van der Waals surface area contributed by atoms with Crippen molar-refractivity contribution in [1.29, 1.82) is 0 Å². The van der Waals surface area contributed by atoms with E-state index in [0.717, 1.165) is 6.08 Å². The van der Waals surface area contributed by atoms with Gasteiger partial charge in [-0.2, -0.15) is 0 Å². The first-order valence-corrected chi connectivity index (χ1v) is 7.75. The molecule has 108 valence electrons. The van der Waals surface area contributed by atoms with Crippen molar-refractivity contribution in [2.45, 2.75) is 27.2 Å². The molecular weight excluding hydrogens is 256 g/mol. The molecule has 0 saturated heterocycles. The fourth-order valence-corrected chi connectivity index (χ4v) is 3.39. The first kappa shape index (κ1) is 17.4. The molecule has 0 amide bonds. The Balaban J connectivity index is 4.20. The Hall–Kier alpha value is -0.560. The largest absolute Gasteiger partial charge is 0.463 e. The summed E-state index contributed by atoms with van der Waals surface area (Å²) in [6.45, 7) is 10.9. The SMILES string of the molecule is C=CC(=O)OCCCS(OCC)(OCC)OCC. The van der Waals surface area contributed by atoms with E-state index in [4.69, 9.17) is 17.3 Å². The van der Waals surface area contributed by atoms with E-state index in [2.05, 4.69) is 6.58 Å². The van der Waals surface area contributed by atoms with Crippen molar-refractivity contribution in [3.63, 3.8) is 0 Å². The Morgan fingerprint density at radius 1 is 1.11 bits per heavy atom. The highest BCUT2D eigenvalue weighted by atomic mass is 32.3. The van der Waals surface area contributed by atoms with E-state index in [1.54, 1.807) is 0 Å².